The third-order valence-corrected chi connectivity index (χ3v) is 3.99. The van der Waals surface area contributed by atoms with Crippen molar-refractivity contribution in [3.63, 3.8) is 0 Å². The van der Waals surface area contributed by atoms with Gasteiger partial charge in [-0.2, -0.15) is 0 Å². The Labute approximate surface area is 175 Å². The van der Waals surface area contributed by atoms with Gasteiger partial charge in [0, 0.05) is 27.9 Å². The molecule has 0 aliphatic carbocycles. The van der Waals surface area contributed by atoms with E-state index in [2.05, 4.69) is 10.5 Å². The Morgan fingerprint density at radius 1 is 1.17 bits per heavy atom. The predicted molar refractivity (Wildman–Crippen MR) is 113 cm³/mol. The lowest BCUT2D eigenvalue weighted by atomic mass is 10.0. The summed E-state index contributed by atoms with van der Waals surface area (Å²) in [4.78, 5) is 17.3. The van der Waals surface area contributed by atoms with Gasteiger partial charge in [-0.15, -0.1) is 0 Å². The highest BCUT2D eigenvalue weighted by atomic mass is 35.5. The third kappa shape index (κ3) is 6.57. The van der Waals surface area contributed by atoms with Crippen LogP contribution in [0.4, 0.5) is 5.69 Å². The molecule has 0 spiro atoms. The highest BCUT2D eigenvalue weighted by Gasteiger charge is 2.24. The van der Waals surface area contributed by atoms with Crippen LogP contribution in [0.5, 0.6) is 11.5 Å². The first-order valence-electron chi connectivity index (χ1n) is 8.86. The monoisotopic (exact) mass is 420 g/mol. The maximum atomic E-state index is 12.0. The summed E-state index contributed by atoms with van der Waals surface area (Å²) in [6, 6.07) is 8.94. The summed E-state index contributed by atoms with van der Waals surface area (Å²) in [6.45, 7) is 5.67. The number of anilines is 1. The normalized spacial score (nSPS) is 12.5. The van der Waals surface area contributed by atoms with Crippen LogP contribution in [0.1, 0.15) is 37.9 Å². The van der Waals surface area contributed by atoms with Gasteiger partial charge in [-0.25, -0.2) is 4.79 Å². The first-order valence-corrected chi connectivity index (χ1v) is 9.24. The van der Waals surface area contributed by atoms with Gasteiger partial charge in [-0.05, 0) is 45.0 Å². The van der Waals surface area contributed by atoms with Gasteiger partial charge in [0.2, 0.25) is 0 Å². The van der Waals surface area contributed by atoms with E-state index in [1.54, 1.807) is 36.4 Å². The Balaban J connectivity index is 2.37. The number of benzene rings is 2. The first-order chi connectivity index (χ1) is 13.6. The first kappa shape index (κ1) is 22.4. The second-order valence-corrected chi connectivity index (χ2v) is 7.67. The minimum Gasteiger partial charge on any atom is -0.497 e. The molecule has 0 saturated heterocycles. The number of carbonyl (C=O) groups is 1. The van der Waals surface area contributed by atoms with Crippen molar-refractivity contribution in [1.82, 2.24) is 0 Å². The fourth-order valence-electron chi connectivity index (χ4n) is 2.51. The van der Waals surface area contributed by atoms with Gasteiger partial charge in [0.15, 0.2) is 6.04 Å². The number of nitrogens with zero attached hydrogens (tertiary/aromatic N) is 1. The number of aliphatic carboxylic acids is 1. The van der Waals surface area contributed by atoms with Gasteiger partial charge in [0.05, 0.1) is 20.4 Å². The molecule has 1 atom stereocenters. The average molecular weight is 421 g/mol. The van der Waals surface area contributed by atoms with E-state index in [0.717, 1.165) is 0 Å². The van der Waals surface area contributed by atoms with Crippen molar-refractivity contribution in [1.29, 1.82) is 0 Å². The summed E-state index contributed by atoms with van der Waals surface area (Å²) in [5.41, 5.74) is 1.24. The summed E-state index contributed by atoms with van der Waals surface area (Å²) in [6.07, 6.45) is 1.54. The molecular formula is C21H25ClN2O5. The van der Waals surface area contributed by atoms with E-state index in [4.69, 9.17) is 25.9 Å². The smallest absolute Gasteiger partial charge is 0.330 e. The SMILES string of the molecule is COc1cc(/C=N/OC(C)(C)C)cc(NC(C(=O)O)c2ccc(Cl)cc2OC)c1. The molecule has 0 aliphatic rings. The fourth-order valence-corrected chi connectivity index (χ4v) is 2.67. The van der Waals surface area contributed by atoms with E-state index in [-0.39, 0.29) is 0 Å². The molecule has 156 valence electrons. The van der Waals surface area contributed by atoms with Crippen LogP contribution in [0.15, 0.2) is 41.6 Å². The molecule has 0 bridgehead atoms. The predicted octanol–water partition coefficient (Wildman–Crippen LogP) is 4.74. The Kier molecular flexibility index (Phi) is 7.34. The molecule has 29 heavy (non-hydrogen) atoms. The number of halogens is 1. The van der Waals surface area contributed by atoms with Gasteiger partial charge >= 0.3 is 5.97 Å². The van der Waals surface area contributed by atoms with E-state index < -0.39 is 17.6 Å². The molecule has 2 aromatic carbocycles. The maximum Gasteiger partial charge on any atom is 0.330 e. The molecule has 2 rings (SSSR count). The summed E-state index contributed by atoms with van der Waals surface area (Å²) in [5.74, 6) is -0.153. The summed E-state index contributed by atoms with van der Waals surface area (Å²) < 4.78 is 10.6. The number of oxime groups is 1. The number of nitrogens with one attached hydrogen (secondary N) is 1. The van der Waals surface area contributed by atoms with Gasteiger partial charge < -0.3 is 24.7 Å². The molecule has 0 aliphatic heterocycles. The minimum atomic E-state index is -1.07. The fraction of sp³-hybridized carbons (Fsp3) is 0.333. The van der Waals surface area contributed by atoms with E-state index >= 15 is 0 Å². The topological polar surface area (TPSA) is 89.4 Å². The molecule has 0 fully saturated rings. The number of ether oxygens (including phenoxy) is 2. The highest BCUT2D eigenvalue weighted by molar-refractivity contribution is 6.30. The second kappa shape index (κ2) is 9.52. The largest absolute Gasteiger partial charge is 0.497 e. The van der Waals surface area contributed by atoms with E-state index in [9.17, 15) is 9.90 Å². The van der Waals surface area contributed by atoms with Crippen molar-refractivity contribution in [3.05, 3.63) is 52.5 Å². The van der Waals surface area contributed by atoms with E-state index in [1.807, 2.05) is 20.8 Å². The van der Waals surface area contributed by atoms with Crippen molar-refractivity contribution in [2.24, 2.45) is 5.16 Å². The molecule has 2 N–H and O–H groups in total. The van der Waals surface area contributed by atoms with Gasteiger partial charge in [-0.1, -0.05) is 22.8 Å². The summed E-state index contributed by atoms with van der Waals surface area (Å²) >= 11 is 5.99. The van der Waals surface area contributed by atoms with Crippen LogP contribution in [0.2, 0.25) is 5.02 Å². The van der Waals surface area contributed by atoms with Gasteiger partial charge in [0.25, 0.3) is 0 Å². The van der Waals surface area contributed by atoms with Gasteiger partial charge in [-0.3, -0.25) is 0 Å². The number of carboxylic acids is 1. The van der Waals surface area contributed by atoms with E-state index in [1.165, 1.54) is 20.4 Å². The molecule has 1 unspecified atom stereocenters. The second-order valence-electron chi connectivity index (χ2n) is 7.23. The highest BCUT2D eigenvalue weighted by Crippen LogP contribution is 2.32. The quantitative estimate of drug-likeness (QED) is 0.473. The lowest BCUT2D eigenvalue weighted by molar-refractivity contribution is -0.138. The number of carboxylic acid groups (broad SMARTS) is 1. The Bertz CT molecular complexity index is 893. The van der Waals surface area contributed by atoms with Crippen molar-refractivity contribution in [2.45, 2.75) is 32.4 Å². The van der Waals surface area contributed by atoms with Gasteiger partial charge in [0.1, 0.15) is 17.1 Å². The molecule has 0 amide bonds. The van der Waals surface area contributed by atoms with Crippen LogP contribution >= 0.6 is 11.6 Å². The van der Waals surface area contributed by atoms with Crippen LogP contribution in [0.25, 0.3) is 0 Å². The summed E-state index contributed by atoms with van der Waals surface area (Å²) in [7, 11) is 2.99. The van der Waals surface area contributed by atoms with Crippen molar-refractivity contribution < 1.29 is 24.2 Å². The molecule has 8 heteroatoms. The minimum absolute atomic E-state index is 0.376. The van der Waals surface area contributed by atoms with Crippen LogP contribution in [-0.2, 0) is 9.63 Å². The third-order valence-electron chi connectivity index (χ3n) is 3.76. The lowest BCUT2D eigenvalue weighted by Gasteiger charge is -2.20. The van der Waals surface area contributed by atoms with Crippen LogP contribution < -0.4 is 14.8 Å². The zero-order valence-electron chi connectivity index (χ0n) is 17.0. The zero-order valence-corrected chi connectivity index (χ0v) is 17.8. The standard InChI is InChI=1S/C21H25ClN2O5/c1-21(2,3)29-23-12-13-8-15(11-16(9-13)27-4)24-19(20(25)26)17-7-6-14(22)10-18(17)28-5/h6-12,19,24H,1-5H3,(H,25,26)/b23-12+. The number of hydrogen-bond donors (Lipinski definition) is 2. The molecule has 0 aromatic heterocycles. The Morgan fingerprint density at radius 3 is 2.48 bits per heavy atom. The average Bonchev–Trinajstić information content (AvgIpc) is 2.64. The molecule has 7 nitrogen and oxygen atoms in total. The molecule has 0 heterocycles. The summed E-state index contributed by atoms with van der Waals surface area (Å²) in [5, 5.41) is 17.2. The molecule has 0 saturated carbocycles. The Hall–Kier alpha value is -2.93. The molecular weight excluding hydrogens is 396 g/mol. The van der Waals surface area contributed by atoms with Crippen molar-refractivity contribution >= 4 is 29.5 Å². The van der Waals surface area contributed by atoms with Crippen LogP contribution in [0.3, 0.4) is 0 Å². The maximum absolute atomic E-state index is 12.0. The zero-order chi connectivity index (χ0) is 21.6. The number of hydrogen-bond acceptors (Lipinski definition) is 6. The Morgan fingerprint density at radius 2 is 1.90 bits per heavy atom. The van der Waals surface area contributed by atoms with Crippen molar-refractivity contribution in [2.75, 3.05) is 19.5 Å². The lowest BCUT2D eigenvalue weighted by Crippen LogP contribution is -2.21. The number of methoxy groups -OCH3 is 2. The molecule has 2 aromatic rings. The van der Waals surface area contributed by atoms with Crippen LogP contribution in [-0.4, -0.2) is 37.1 Å². The van der Waals surface area contributed by atoms with E-state index in [0.29, 0.717) is 33.3 Å². The number of rotatable bonds is 8. The van der Waals surface area contributed by atoms with Crippen LogP contribution in [0, 0.1) is 0 Å². The molecule has 0 radical (unpaired) electrons. The van der Waals surface area contributed by atoms with Crippen molar-refractivity contribution in [3.8, 4) is 11.5 Å².